The van der Waals surface area contributed by atoms with Crippen LogP contribution in [0.3, 0.4) is 0 Å². The molecule has 3 rings (SSSR count). The van der Waals surface area contributed by atoms with E-state index in [9.17, 15) is 9.90 Å². The minimum Gasteiger partial charge on any atom is -0.384 e. The number of benzene rings is 1. The Balaban J connectivity index is 1.92. The second-order valence-corrected chi connectivity index (χ2v) is 4.65. The fourth-order valence-electron chi connectivity index (χ4n) is 2.30. The number of aryl methyl sites for hydroxylation is 1. The Morgan fingerprint density at radius 2 is 2.11 bits per heavy atom. The average Bonchev–Trinajstić information content (AvgIpc) is 2.47. The normalized spacial score (nSPS) is 15.5. The van der Waals surface area contributed by atoms with E-state index in [2.05, 4.69) is 10.3 Å². The number of fused-ring (bicyclic) bond motifs is 1. The summed E-state index contributed by atoms with van der Waals surface area (Å²) in [6, 6.07) is 9.28. The van der Waals surface area contributed by atoms with Crippen LogP contribution in [0.4, 0.5) is 5.69 Å². The Kier molecular flexibility index (Phi) is 3.01. The maximum atomic E-state index is 11.3. The highest BCUT2D eigenvalue weighted by atomic mass is 16.3. The van der Waals surface area contributed by atoms with Crippen LogP contribution in [0.5, 0.6) is 0 Å². The van der Waals surface area contributed by atoms with Crippen LogP contribution in [0.2, 0.25) is 0 Å². The molecule has 1 aliphatic heterocycles. The fourth-order valence-corrected chi connectivity index (χ4v) is 2.30. The zero-order valence-corrected chi connectivity index (χ0v) is 10.3. The second-order valence-electron chi connectivity index (χ2n) is 4.65. The fraction of sp³-hybridized carbons (Fsp3) is 0.200. The molecule has 1 amide bonds. The van der Waals surface area contributed by atoms with E-state index in [1.54, 1.807) is 18.5 Å². The molecule has 96 valence electrons. The van der Waals surface area contributed by atoms with E-state index in [1.807, 2.05) is 24.3 Å². The first-order chi connectivity index (χ1) is 9.24. The van der Waals surface area contributed by atoms with Gasteiger partial charge in [-0.25, -0.2) is 0 Å². The standard InChI is InChI=1S/C15H14N2O2/c18-14-6-4-10-8-11(3-5-13(10)17-14)15(19)12-2-1-7-16-9-12/h1-3,5,7-9,15,19H,4,6H2,(H,17,18). The van der Waals surface area contributed by atoms with E-state index in [4.69, 9.17) is 0 Å². The van der Waals surface area contributed by atoms with Gasteiger partial charge in [0.15, 0.2) is 0 Å². The molecular formula is C15H14N2O2. The van der Waals surface area contributed by atoms with Crippen LogP contribution in [0, 0.1) is 0 Å². The van der Waals surface area contributed by atoms with Crippen molar-refractivity contribution in [1.29, 1.82) is 0 Å². The van der Waals surface area contributed by atoms with Gasteiger partial charge in [-0.3, -0.25) is 9.78 Å². The van der Waals surface area contributed by atoms with Gasteiger partial charge < -0.3 is 10.4 Å². The topological polar surface area (TPSA) is 62.2 Å². The smallest absolute Gasteiger partial charge is 0.224 e. The Morgan fingerprint density at radius 3 is 2.89 bits per heavy atom. The van der Waals surface area contributed by atoms with Gasteiger partial charge in [-0.1, -0.05) is 18.2 Å². The number of nitrogens with one attached hydrogen (secondary N) is 1. The Labute approximate surface area is 111 Å². The molecule has 0 radical (unpaired) electrons. The molecule has 1 aromatic heterocycles. The largest absolute Gasteiger partial charge is 0.384 e. The van der Waals surface area contributed by atoms with Gasteiger partial charge in [-0.05, 0) is 29.7 Å². The molecule has 0 saturated heterocycles. The van der Waals surface area contributed by atoms with Gasteiger partial charge >= 0.3 is 0 Å². The molecule has 2 heterocycles. The first-order valence-electron chi connectivity index (χ1n) is 6.25. The molecule has 1 atom stereocenters. The molecule has 1 aromatic carbocycles. The van der Waals surface area contributed by atoms with Crippen LogP contribution in [0.25, 0.3) is 0 Å². The van der Waals surface area contributed by atoms with Crippen molar-refractivity contribution >= 4 is 11.6 Å². The summed E-state index contributed by atoms with van der Waals surface area (Å²) in [5.74, 6) is 0.0491. The van der Waals surface area contributed by atoms with E-state index in [0.717, 1.165) is 28.8 Å². The lowest BCUT2D eigenvalue weighted by molar-refractivity contribution is -0.116. The van der Waals surface area contributed by atoms with Crippen molar-refractivity contribution in [1.82, 2.24) is 4.98 Å². The van der Waals surface area contributed by atoms with E-state index in [-0.39, 0.29) is 5.91 Å². The number of hydrogen-bond donors (Lipinski definition) is 2. The van der Waals surface area contributed by atoms with Crippen molar-refractivity contribution in [2.45, 2.75) is 18.9 Å². The molecular weight excluding hydrogens is 240 g/mol. The number of nitrogens with zero attached hydrogens (tertiary/aromatic N) is 1. The number of pyridine rings is 1. The minimum absolute atomic E-state index is 0.0491. The molecule has 2 aromatic rings. The maximum Gasteiger partial charge on any atom is 0.224 e. The Bertz CT molecular complexity index is 611. The third kappa shape index (κ3) is 2.35. The van der Waals surface area contributed by atoms with Crippen LogP contribution < -0.4 is 5.32 Å². The van der Waals surface area contributed by atoms with E-state index < -0.39 is 6.10 Å². The molecule has 4 nitrogen and oxygen atoms in total. The molecule has 0 aliphatic carbocycles. The van der Waals surface area contributed by atoms with Crippen molar-refractivity contribution < 1.29 is 9.90 Å². The average molecular weight is 254 g/mol. The summed E-state index contributed by atoms with van der Waals surface area (Å²) in [7, 11) is 0. The predicted molar refractivity (Wildman–Crippen MR) is 71.7 cm³/mol. The van der Waals surface area contributed by atoms with Gasteiger partial charge in [0.05, 0.1) is 0 Å². The summed E-state index contributed by atoms with van der Waals surface area (Å²) in [6.07, 6.45) is 3.87. The number of hydrogen-bond acceptors (Lipinski definition) is 3. The number of aliphatic hydroxyl groups excluding tert-OH is 1. The summed E-state index contributed by atoms with van der Waals surface area (Å²) >= 11 is 0. The van der Waals surface area contributed by atoms with Crippen molar-refractivity contribution in [2.24, 2.45) is 0 Å². The van der Waals surface area contributed by atoms with Crippen molar-refractivity contribution in [3.05, 3.63) is 59.4 Å². The molecule has 0 spiro atoms. The summed E-state index contributed by atoms with van der Waals surface area (Å²) in [6.45, 7) is 0. The molecule has 4 heteroatoms. The van der Waals surface area contributed by atoms with Gasteiger partial charge in [-0.2, -0.15) is 0 Å². The Hall–Kier alpha value is -2.20. The van der Waals surface area contributed by atoms with Gasteiger partial charge in [-0.15, -0.1) is 0 Å². The first kappa shape index (κ1) is 11.9. The summed E-state index contributed by atoms with van der Waals surface area (Å²) in [5, 5.41) is 13.2. The van der Waals surface area contributed by atoms with Crippen LogP contribution in [0.1, 0.15) is 29.2 Å². The van der Waals surface area contributed by atoms with Crippen LogP contribution in [-0.4, -0.2) is 16.0 Å². The zero-order chi connectivity index (χ0) is 13.2. The highest BCUT2D eigenvalue weighted by molar-refractivity contribution is 5.93. The monoisotopic (exact) mass is 254 g/mol. The van der Waals surface area contributed by atoms with E-state index in [0.29, 0.717) is 6.42 Å². The molecule has 0 fully saturated rings. The summed E-state index contributed by atoms with van der Waals surface area (Å²) < 4.78 is 0. The lowest BCUT2D eigenvalue weighted by Crippen LogP contribution is -2.19. The first-order valence-corrected chi connectivity index (χ1v) is 6.25. The summed E-state index contributed by atoms with van der Waals surface area (Å²) in [4.78, 5) is 15.3. The third-order valence-electron chi connectivity index (χ3n) is 3.34. The quantitative estimate of drug-likeness (QED) is 0.862. The van der Waals surface area contributed by atoms with E-state index in [1.165, 1.54) is 0 Å². The lowest BCUT2D eigenvalue weighted by Gasteiger charge is -2.19. The van der Waals surface area contributed by atoms with Gasteiger partial charge in [0, 0.05) is 30.1 Å². The van der Waals surface area contributed by atoms with Crippen molar-refractivity contribution in [2.75, 3.05) is 5.32 Å². The molecule has 0 saturated carbocycles. The van der Waals surface area contributed by atoms with Gasteiger partial charge in [0.25, 0.3) is 0 Å². The number of carbonyl (C=O) groups is 1. The third-order valence-corrected chi connectivity index (χ3v) is 3.34. The lowest BCUT2D eigenvalue weighted by atomic mass is 9.96. The number of rotatable bonds is 2. The van der Waals surface area contributed by atoms with Crippen LogP contribution in [-0.2, 0) is 11.2 Å². The van der Waals surface area contributed by atoms with Crippen LogP contribution >= 0.6 is 0 Å². The van der Waals surface area contributed by atoms with Crippen molar-refractivity contribution in [3.63, 3.8) is 0 Å². The van der Waals surface area contributed by atoms with Gasteiger partial charge in [0.2, 0.25) is 5.91 Å². The molecule has 2 N–H and O–H groups in total. The minimum atomic E-state index is -0.684. The Morgan fingerprint density at radius 1 is 1.21 bits per heavy atom. The number of carbonyl (C=O) groups excluding carboxylic acids is 1. The second kappa shape index (κ2) is 4.82. The number of amides is 1. The molecule has 1 aliphatic rings. The number of aromatic nitrogens is 1. The number of anilines is 1. The molecule has 19 heavy (non-hydrogen) atoms. The molecule has 0 bridgehead atoms. The molecule has 1 unspecified atom stereocenters. The zero-order valence-electron chi connectivity index (χ0n) is 10.3. The van der Waals surface area contributed by atoms with Crippen LogP contribution in [0.15, 0.2) is 42.7 Å². The predicted octanol–water partition coefficient (Wildman–Crippen LogP) is 2.05. The van der Waals surface area contributed by atoms with E-state index >= 15 is 0 Å². The summed E-state index contributed by atoms with van der Waals surface area (Å²) in [5.41, 5.74) is 3.50. The van der Waals surface area contributed by atoms with Gasteiger partial charge in [0.1, 0.15) is 6.10 Å². The maximum absolute atomic E-state index is 11.3. The number of aliphatic hydroxyl groups is 1. The van der Waals surface area contributed by atoms with Crippen molar-refractivity contribution in [3.8, 4) is 0 Å². The highest BCUT2D eigenvalue weighted by Gasteiger charge is 2.17. The highest BCUT2D eigenvalue weighted by Crippen LogP contribution is 2.28. The SMILES string of the molecule is O=C1CCc2cc(C(O)c3cccnc3)ccc2N1.